The number of fused-ring (bicyclic) bond motifs is 1. The first-order valence-corrected chi connectivity index (χ1v) is 6.31. The molecule has 0 radical (unpaired) electrons. The van der Waals surface area contributed by atoms with Gasteiger partial charge in [-0.2, -0.15) is 13.2 Å². The second-order valence-electron chi connectivity index (χ2n) is 4.88. The molecule has 5 heteroatoms. The molecule has 1 aliphatic heterocycles. The highest BCUT2D eigenvalue weighted by Crippen LogP contribution is 2.39. The molecule has 0 aliphatic carbocycles. The largest absolute Gasteiger partial charge is 0.417 e. The molecule has 1 fully saturated rings. The molecule has 0 amide bonds. The van der Waals surface area contributed by atoms with E-state index in [0.717, 1.165) is 10.8 Å². The van der Waals surface area contributed by atoms with Gasteiger partial charge >= 0.3 is 6.18 Å². The van der Waals surface area contributed by atoms with Gasteiger partial charge in [0.2, 0.25) is 0 Å². The molecule has 0 bridgehead atoms. The second-order valence-corrected chi connectivity index (χ2v) is 4.88. The molecule has 1 heterocycles. The first-order valence-electron chi connectivity index (χ1n) is 6.31. The van der Waals surface area contributed by atoms with Crippen molar-refractivity contribution in [2.24, 2.45) is 0 Å². The van der Waals surface area contributed by atoms with Gasteiger partial charge in [0.1, 0.15) is 0 Å². The van der Waals surface area contributed by atoms with Crippen molar-refractivity contribution >= 4 is 10.8 Å². The first-order chi connectivity index (χ1) is 9.45. The molecule has 0 saturated carbocycles. The van der Waals surface area contributed by atoms with Gasteiger partial charge in [-0.3, -0.25) is 0 Å². The molecule has 2 aromatic rings. The second kappa shape index (κ2) is 4.75. The van der Waals surface area contributed by atoms with Gasteiger partial charge in [0.15, 0.2) is 12.4 Å². The molecule has 0 N–H and O–H groups in total. The van der Waals surface area contributed by atoms with Crippen molar-refractivity contribution in [2.75, 3.05) is 0 Å². The fraction of sp³-hybridized carbons (Fsp3) is 0.333. The molecular formula is C15H13F3O2. The average Bonchev–Trinajstić information content (AvgIpc) is 2.80. The summed E-state index contributed by atoms with van der Waals surface area (Å²) in [5.41, 5.74) is 0.599. The van der Waals surface area contributed by atoms with Gasteiger partial charge < -0.3 is 9.47 Å². The molecule has 1 saturated heterocycles. The Balaban J connectivity index is 1.89. The number of ether oxygens (including phenoxy) is 2. The smallest absolute Gasteiger partial charge is 0.342 e. The third-order valence-corrected chi connectivity index (χ3v) is 3.40. The maximum Gasteiger partial charge on any atom is 0.417 e. The Kier molecular flexibility index (Phi) is 3.18. The molecule has 2 aromatic carbocycles. The van der Waals surface area contributed by atoms with Gasteiger partial charge in [-0.1, -0.05) is 36.4 Å². The third kappa shape index (κ3) is 2.39. The van der Waals surface area contributed by atoms with E-state index in [4.69, 9.17) is 9.47 Å². The Labute approximate surface area is 114 Å². The van der Waals surface area contributed by atoms with E-state index in [1.807, 2.05) is 30.3 Å². The Bertz CT molecular complexity index is 624. The van der Waals surface area contributed by atoms with Crippen LogP contribution in [0.25, 0.3) is 10.8 Å². The van der Waals surface area contributed by atoms with Crippen LogP contribution in [-0.2, 0) is 9.47 Å². The van der Waals surface area contributed by atoms with Crippen LogP contribution in [0.4, 0.5) is 13.2 Å². The van der Waals surface area contributed by atoms with Gasteiger partial charge in [-0.15, -0.1) is 0 Å². The highest BCUT2D eigenvalue weighted by Gasteiger charge is 2.51. The maximum absolute atomic E-state index is 12.7. The Morgan fingerprint density at radius 3 is 2.30 bits per heavy atom. The summed E-state index contributed by atoms with van der Waals surface area (Å²) in [5.74, 6) is 0. The van der Waals surface area contributed by atoms with Gasteiger partial charge in [-0.25, -0.2) is 0 Å². The molecule has 2 nitrogen and oxygen atoms in total. The van der Waals surface area contributed by atoms with Crippen molar-refractivity contribution in [3.63, 3.8) is 0 Å². The minimum absolute atomic E-state index is 0.599. The summed E-state index contributed by atoms with van der Waals surface area (Å²) in [7, 11) is 0. The molecule has 1 aliphatic rings. The van der Waals surface area contributed by atoms with E-state index in [9.17, 15) is 13.2 Å². The number of rotatable bonds is 1. The van der Waals surface area contributed by atoms with Crippen molar-refractivity contribution in [1.82, 2.24) is 0 Å². The van der Waals surface area contributed by atoms with Gasteiger partial charge in [0.05, 0.1) is 6.10 Å². The van der Waals surface area contributed by atoms with E-state index in [-0.39, 0.29) is 0 Å². The Morgan fingerprint density at radius 1 is 0.950 bits per heavy atom. The summed E-state index contributed by atoms with van der Waals surface area (Å²) in [6.07, 6.45) is -8.27. The first kappa shape index (κ1) is 13.4. The van der Waals surface area contributed by atoms with E-state index < -0.39 is 24.7 Å². The van der Waals surface area contributed by atoms with Crippen LogP contribution in [0.5, 0.6) is 0 Å². The van der Waals surface area contributed by atoms with Crippen LogP contribution >= 0.6 is 0 Å². The van der Waals surface area contributed by atoms with Crippen molar-refractivity contribution in [3.05, 3.63) is 48.0 Å². The van der Waals surface area contributed by atoms with E-state index in [1.54, 1.807) is 12.1 Å². The minimum atomic E-state index is -4.41. The highest BCUT2D eigenvalue weighted by atomic mass is 19.4. The molecule has 0 spiro atoms. The van der Waals surface area contributed by atoms with E-state index in [1.165, 1.54) is 6.92 Å². The summed E-state index contributed by atoms with van der Waals surface area (Å²) in [4.78, 5) is 0. The predicted octanol–water partition coefficient (Wildman–Crippen LogP) is 4.20. The van der Waals surface area contributed by atoms with Crippen LogP contribution in [-0.4, -0.2) is 18.4 Å². The molecule has 20 heavy (non-hydrogen) atoms. The van der Waals surface area contributed by atoms with Crippen LogP contribution in [0.1, 0.15) is 18.8 Å². The lowest BCUT2D eigenvalue weighted by molar-refractivity contribution is -0.218. The molecule has 0 aromatic heterocycles. The van der Waals surface area contributed by atoms with Gasteiger partial charge in [0, 0.05) is 5.56 Å². The third-order valence-electron chi connectivity index (χ3n) is 3.40. The fourth-order valence-electron chi connectivity index (χ4n) is 2.40. The summed E-state index contributed by atoms with van der Waals surface area (Å²) >= 11 is 0. The molecular weight excluding hydrogens is 269 g/mol. The van der Waals surface area contributed by atoms with E-state index in [0.29, 0.717) is 5.56 Å². The van der Waals surface area contributed by atoms with Crippen LogP contribution in [0.3, 0.4) is 0 Å². The van der Waals surface area contributed by atoms with Gasteiger partial charge in [-0.05, 0) is 23.8 Å². The SMILES string of the molecule is C[C@@H]1O[C@H](c2ccc3ccccc3c2)O[C@@H]1C(F)(F)F. The van der Waals surface area contributed by atoms with Gasteiger partial charge in [0.25, 0.3) is 0 Å². The van der Waals surface area contributed by atoms with Crippen molar-refractivity contribution in [1.29, 1.82) is 0 Å². The molecule has 0 unspecified atom stereocenters. The Hall–Kier alpha value is -1.59. The van der Waals surface area contributed by atoms with Crippen LogP contribution in [0.2, 0.25) is 0 Å². The highest BCUT2D eigenvalue weighted by molar-refractivity contribution is 5.83. The zero-order valence-corrected chi connectivity index (χ0v) is 10.7. The van der Waals surface area contributed by atoms with Crippen molar-refractivity contribution in [3.8, 4) is 0 Å². The summed E-state index contributed by atoms with van der Waals surface area (Å²) in [6, 6.07) is 13.0. The summed E-state index contributed by atoms with van der Waals surface area (Å²) in [5, 5.41) is 1.97. The zero-order valence-electron chi connectivity index (χ0n) is 10.7. The van der Waals surface area contributed by atoms with Crippen molar-refractivity contribution < 1.29 is 22.6 Å². The number of benzene rings is 2. The maximum atomic E-state index is 12.7. The topological polar surface area (TPSA) is 18.5 Å². The fourth-order valence-corrected chi connectivity index (χ4v) is 2.40. The number of halogens is 3. The van der Waals surface area contributed by atoms with Crippen LogP contribution in [0, 0.1) is 0 Å². The average molecular weight is 282 g/mol. The molecule has 3 atom stereocenters. The number of hydrogen-bond donors (Lipinski definition) is 0. The summed E-state index contributed by atoms with van der Waals surface area (Å²) in [6.45, 7) is 1.37. The van der Waals surface area contributed by atoms with Crippen LogP contribution < -0.4 is 0 Å². The minimum Gasteiger partial charge on any atom is -0.342 e. The summed E-state index contributed by atoms with van der Waals surface area (Å²) < 4.78 is 48.6. The molecule has 106 valence electrons. The lowest BCUT2D eigenvalue weighted by atomic mass is 10.1. The lowest BCUT2D eigenvalue weighted by Crippen LogP contribution is -2.35. The van der Waals surface area contributed by atoms with E-state index in [2.05, 4.69) is 0 Å². The monoisotopic (exact) mass is 282 g/mol. The number of hydrogen-bond acceptors (Lipinski definition) is 2. The molecule has 3 rings (SSSR count). The lowest BCUT2D eigenvalue weighted by Gasteiger charge is -2.16. The van der Waals surface area contributed by atoms with Crippen molar-refractivity contribution in [2.45, 2.75) is 31.6 Å². The predicted molar refractivity (Wildman–Crippen MR) is 68.2 cm³/mol. The quantitative estimate of drug-likeness (QED) is 0.780. The number of alkyl halides is 3. The van der Waals surface area contributed by atoms with Crippen LogP contribution in [0.15, 0.2) is 42.5 Å². The zero-order chi connectivity index (χ0) is 14.3. The normalized spacial score (nSPS) is 27.1. The van der Waals surface area contributed by atoms with E-state index >= 15 is 0 Å². The Morgan fingerprint density at radius 2 is 1.65 bits per heavy atom. The standard InChI is InChI=1S/C15H13F3O2/c1-9-13(15(16,17)18)20-14(19-9)12-7-6-10-4-2-3-5-11(10)8-12/h2-9,13-14H,1H3/t9-,13-,14-/m0/s1.